The Labute approximate surface area is 162 Å². The maximum atomic E-state index is 13.1. The minimum absolute atomic E-state index is 0.0372. The summed E-state index contributed by atoms with van der Waals surface area (Å²) in [5.41, 5.74) is 4.99. The second-order valence-electron chi connectivity index (χ2n) is 6.39. The van der Waals surface area contributed by atoms with Crippen LogP contribution in [0.1, 0.15) is 35.6 Å². The summed E-state index contributed by atoms with van der Waals surface area (Å²) in [4.78, 5) is 21.4. The lowest BCUT2D eigenvalue weighted by Crippen LogP contribution is -2.58. The Morgan fingerprint density at radius 2 is 2.04 bits per heavy atom. The predicted octanol–water partition coefficient (Wildman–Crippen LogP) is 1.78. The summed E-state index contributed by atoms with van der Waals surface area (Å²) in [7, 11) is -2.38. The van der Waals surface area contributed by atoms with Crippen molar-refractivity contribution < 1.29 is 13.2 Å². The summed E-state index contributed by atoms with van der Waals surface area (Å²) in [5.74, 6) is -0.162. The first kappa shape index (κ1) is 19.3. The summed E-state index contributed by atoms with van der Waals surface area (Å²) < 4.78 is 27.2. The smallest absolute Gasteiger partial charge is 0.257 e. The van der Waals surface area contributed by atoms with Crippen molar-refractivity contribution in [3.05, 3.63) is 46.3 Å². The molecule has 2 aromatic rings. The highest BCUT2D eigenvalue weighted by Crippen LogP contribution is 2.41. The van der Waals surface area contributed by atoms with Gasteiger partial charge in [0.05, 0.1) is 0 Å². The maximum absolute atomic E-state index is 13.1. The summed E-state index contributed by atoms with van der Waals surface area (Å²) in [6, 6.07) is 8.54. The van der Waals surface area contributed by atoms with Crippen LogP contribution in [0.25, 0.3) is 0 Å². The number of thiazole rings is 1. The van der Waals surface area contributed by atoms with Crippen LogP contribution < -0.4 is 11.1 Å². The molecule has 0 saturated heterocycles. The monoisotopic (exact) mass is 407 g/mol. The number of rotatable bonds is 3. The van der Waals surface area contributed by atoms with Crippen LogP contribution in [0.15, 0.2) is 40.7 Å². The molecule has 27 heavy (non-hydrogen) atoms. The highest BCUT2D eigenvalue weighted by atomic mass is 32.2. The molecule has 3 rings (SSSR count). The molecular formula is C17H21N5O3S2. The molecule has 2 heterocycles. The number of nitrogens with zero attached hydrogens (tertiary/aromatic N) is 3. The molecule has 0 aliphatic carbocycles. The zero-order valence-corrected chi connectivity index (χ0v) is 16.8. The lowest BCUT2D eigenvalue weighted by Gasteiger charge is -2.40. The highest BCUT2D eigenvalue weighted by molar-refractivity contribution is 7.90. The van der Waals surface area contributed by atoms with Crippen LogP contribution in [-0.4, -0.2) is 41.9 Å². The molecule has 3 N–H and O–H groups in total. The molecule has 0 fully saturated rings. The van der Waals surface area contributed by atoms with Gasteiger partial charge in [-0.05, 0) is 25.5 Å². The van der Waals surface area contributed by atoms with Crippen molar-refractivity contribution in [1.29, 1.82) is 0 Å². The Bertz CT molecular complexity index is 987. The van der Waals surface area contributed by atoms with Gasteiger partial charge >= 0.3 is 0 Å². The predicted molar refractivity (Wildman–Crippen MR) is 106 cm³/mol. The minimum Gasteiger partial charge on any atom is -0.383 e. The molecule has 1 aromatic heterocycles. The number of nitrogens with two attached hydrogens (primary N) is 1. The van der Waals surface area contributed by atoms with Crippen LogP contribution in [0, 0.1) is 0 Å². The number of aromatic nitrogens is 1. The van der Waals surface area contributed by atoms with Gasteiger partial charge in [-0.25, -0.2) is 22.7 Å². The summed E-state index contributed by atoms with van der Waals surface area (Å²) in [6.07, 6.45) is 0.339. The van der Waals surface area contributed by atoms with E-state index in [9.17, 15) is 13.2 Å². The normalized spacial score (nSPS) is 24.3. The topological polar surface area (TPSA) is 118 Å². The number of guanidine groups is 1. The van der Waals surface area contributed by atoms with E-state index in [0.29, 0.717) is 22.8 Å². The van der Waals surface area contributed by atoms with Crippen molar-refractivity contribution in [2.24, 2.45) is 4.99 Å². The van der Waals surface area contributed by atoms with Gasteiger partial charge in [0.15, 0.2) is 0 Å². The summed E-state index contributed by atoms with van der Waals surface area (Å²) >= 11 is 1.25. The molecule has 2 unspecified atom stereocenters. The molecule has 0 radical (unpaired) electrons. The molecule has 0 spiro atoms. The third kappa shape index (κ3) is 3.30. The SMILES string of the molecule is CCC1C(C)(c2nc(N)cs2)N=C(NC(=O)c2ccccc2)N(C)S1(=O)=O. The van der Waals surface area contributed by atoms with Crippen LogP contribution in [-0.2, 0) is 15.6 Å². The molecule has 144 valence electrons. The fourth-order valence-corrected chi connectivity index (χ4v) is 5.97. The van der Waals surface area contributed by atoms with Gasteiger partial charge in [-0.15, -0.1) is 11.3 Å². The van der Waals surface area contributed by atoms with Crippen molar-refractivity contribution in [2.45, 2.75) is 31.1 Å². The summed E-state index contributed by atoms with van der Waals surface area (Å²) in [5, 5.41) is 3.94. The molecule has 1 aliphatic heterocycles. The van der Waals surface area contributed by atoms with E-state index in [0.717, 1.165) is 4.31 Å². The van der Waals surface area contributed by atoms with Gasteiger partial charge in [0.1, 0.15) is 21.6 Å². The molecule has 1 amide bonds. The van der Waals surface area contributed by atoms with Gasteiger partial charge in [0, 0.05) is 18.0 Å². The van der Waals surface area contributed by atoms with E-state index in [2.05, 4.69) is 15.3 Å². The number of anilines is 1. The van der Waals surface area contributed by atoms with Gasteiger partial charge in [-0.3, -0.25) is 10.1 Å². The number of nitrogen functional groups attached to an aromatic ring is 1. The standard InChI is InChI=1S/C17H21N5O3S2/c1-4-12-17(2,15-19-13(18)10-26-15)21-16(22(3)27(12,24)25)20-14(23)11-8-6-5-7-9-11/h5-10,12H,4,18H2,1-3H3,(H,20,21,23). The van der Waals surface area contributed by atoms with Crippen LogP contribution in [0.4, 0.5) is 5.82 Å². The van der Waals surface area contributed by atoms with Crippen molar-refractivity contribution in [3.63, 3.8) is 0 Å². The molecule has 0 saturated carbocycles. The minimum atomic E-state index is -3.76. The molecule has 0 bridgehead atoms. The number of aliphatic imine (C=N–C) groups is 1. The summed E-state index contributed by atoms with van der Waals surface area (Å²) in [6.45, 7) is 3.49. The molecule has 1 aromatic carbocycles. The van der Waals surface area contributed by atoms with Gasteiger partial charge in [-0.1, -0.05) is 25.1 Å². The number of benzene rings is 1. The second-order valence-corrected chi connectivity index (χ2v) is 9.39. The molecular weight excluding hydrogens is 386 g/mol. The van der Waals surface area contributed by atoms with E-state index < -0.39 is 26.7 Å². The van der Waals surface area contributed by atoms with E-state index in [1.54, 1.807) is 49.6 Å². The van der Waals surface area contributed by atoms with Crippen molar-refractivity contribution in [2.75, 3.05) is 12.8 Å². The molecule has 2 atom stereocenters. The van der Waals surface area contributed by atoms with Crippen molar-refractivity contribution in [3.8, 4) is 0 Å². The number of nitrogens with one attached hydrogen (secondary N) is 1. The van der Waals surface area contributed by atoms with Crippen LogP contribution in [0.5, 0.6) is 0 Å². The first-order valence-corrected chi connectivity index (χ1v) is 10.7. The Kier molecular flexibility index (Phi) is 4.96. The van der Waals surface area contributed by atoms with Crippen LogP contribution >= 0.6 is 11.3 Å². The lowest BCUT2D eigenvalue weighted by molar-refractivity contribution is 0.0974. The van der Waals surface area contributed by atoms with Gasteiger partial charge in [0.25, 0.3) is 5.91 Å². The van der Waals surface area contributed by atoms with Crippen LogP contribution in [0.3, 0.4) is 0 Å². The lowest BCUT2D eigenvalue weighted by atomic mass is 9.97. The third-order valence-corrected chi connectivity index (χ3v) is 8.13. The Hall–Kier alpha value is -2.46. The number of sulfonamides is 1. The first-order valence-electron chi connectivity index (χ1n) is 8.35. The van der Waals surface area contributed by atoms with E-state index in [-0.39, 0.29) is 5.96 Å². The highest BCUT2D eigenvalue weighted by Gasteiger charge is 2.51. The third-order valence-electron chi connectivity index (χ3n) is 4.59. The van der Waals surface area contributed by atoms with Crippen molar-refractivity contribution in [1.82, 2.24) is 14.6 Å². The number of hydrogen-bond donors (Lipinski definition) is 2. The van der Waals surface area contributed by atoms with Gasteiger partial charge in [0.2, 0.25) is 16.0 Å². The van der Waals surface area contributed by atoms with E-state index in [1.807, 2.05) is 0 Å². The fourth-order valence-electron chi connectivity index (χ4n) is 3.15. The zero-order chi connectivity index (χ0) is 19.8. The molecule has 1 aliphatic rings. The zero-order valence-electron chi connectivity index (χ0n) is 15.2. The van der Waals surface area contributed by atoms with Crippen molar-refractivity contribution >= 4 is 39.0 Å². The molecule has 10 heteroatoms. The van der Waals surface area contributed by atoms with Gasteiger partial charge < -0.3 is 5.73 Å². The largest absolute Gasteiger partial charge is 0.383 e. The Balaban J connectivity index is 2.08. The van der Waals surface area contributed by atoms with E-state index in [4.69, 9.17) is 5.73 Å². The van der Waals surface area contributed by atoms with Gasteiger partial charge in [-0.2, -0.15) is 0 Å². The average molecular weight is 408 g/mol. The van der Waals surface area contributed by atoms with E-state index in [1.165, 1.54) is 18.4 Å². The number of amides is 1. The fraction of sp³-hybridized carbons (Fsp3) is 0.353. The molecule has 8 nitrogen and oxygen atoms in total. The Morgan fingerprint density at radius 1 is 1.37 bits per heavy atom. The van der Waals surface area contributed by atoms with E-state index >= 15 is 0 Å². The average Bonchev–Trinajstić information content (AvgIpc) is 3.07. The first-order chi connectivity index (χ1) is 12.7. The second kappa shape index (κ2) is 6.93. The quantitative estimate of drug-likeness (QED) is 0.804. The number of carbonyl (C=O) groups excluding carboxylic acids is 1. The van der Waals surface area contributed by atoms with Crippen LogP contribution in [0.2, 0.25) is 0 Å². The number of carbonyl (C=O) groups is 1. The Morgan fingerprint density at radius 3 is 2.59 bits per heavy atom. The number of hydrogen-bond acceptors (Lipinski definition) is 7. The maximum Gasteiger partial charge on any atom is 0.257 e.